The van der Waals surface area contributed by atoms with E-state index in [9.17, 15) is 4.79 Å². The standard InChI is InChI=1S/C26H24N2OS/c1-18-13-15-21(16-14-18)25-23(28-26(30-25)22-11-7-4-8-12-22)17-24(29)27-19(2)20-9-5-3-6-10-20/h3-16,19H,17H2,1-2H3,(H,27,29)/t19-/m0/s1. The number of carbonyl (C=O) groups excluding carboxylic acids is 1. The second-order valence-electron chi connectivity index (χ2n) is 7.40. The van der Waals surface area contributed by atoms with Crippen molar-refractivity contribution >= 4 is 17.2 Å². The van der Waals surface area contributed by atoms with Gasteiger partial charge < -0.3 is 5.32 Å². The van der Waals surface area contributed by atoms with Crippen LogP contribution in [0.1, 0.15) is 29.8 Å². The molecule has 0 fully saturated rings. The van der Waals surface area contributed by atoms with Gasteiger partial charge in [-0.3, -0.25) is 4.79 Å². The maximum absolute atomic E-state index is 12.8. The van der Waals surface area contributed by atoms with Crippen LogP contribution in [0.4, 0.5) is 0 Å². The summed E-state index contributed by atoms with van der Waals surface area (Å²) < 4.78 is 0. The minimum Gasteiger partial charge on any atom is -0.349 e. The third-order valence-corrected chi connectivity index (χ3v) is 6.23. The Bertz CT molecular complexity index is 1120. The van der Waals surface area contributed by atoms with E-state index in [1.807, 2.05) is 55.5 Å². The zero-order valence-corrected chi connectivity index (χ0v) is 17.9. The lowest BCUT2D eigenvalue weighted by atomic mass is 10.1. The average molecular weight is 413 g/mol. The first-order valence-electron chi connectivity index (χ1n) is 10.1. The molecule has 0 spiro atoms. The molecule has 0 aliphatic carbocycles. The molecule has 1 atom stereocenters. The van der Waals surface area contributed by atoms with Crippen LogP contribution < -0.4 is 5.32 Å². The molecule has 1 N–H and O–H groups in total. The third-order valence-electron chi connectivity index (χ3n) is 5.04. The van der Waals surface area contributed by atoms with Crippen molar-refractivity contribution in [3.63, 3.8) is 0 Å². The van der Waals surface area contributed by atoms with E-state index in [2.05, 4.69) is 48.6 Å². The molecule has 0 saturated carbocycles. The Morgan fingerprint density at radius 3 is 2.20 bits per heavy atom. The van der Waals surface area contributed by atoms with Crippen LogP contribution in [-0.2, 0) is 11.2 Å². The van der Waals surface area contributed by atoms with E-state index < -0.39 is 0 Å². The Morgan fingerprint density at radius 2 is 1.53 bits per heavy atom. The molecule has 150 valence electrons. The van der Waals surface area contributed by atoms with Crippen molar-refractivity contribution in [1.29, 1.82) is 0 Å². The van der Waals surface area contributed by atoms with Crippen LogP contribution >= 0.6 is 11.3 Å². The minimum absolute atomic E-state index is 0.0235. The number of aromatic nitrogens is 1. The number of rotatable bonds is 6. The predicted octanol–water partition coefficient (Wildman–Crippen LogP) is 6.21. The van der Waals surface area contributed by atoms with Crippen molar-refractivity contribution < 1.29 is 4.79 Å². The SMILES string of the molecule is Cc1ccc(-c2sc(-c3ccccc3)nc2CC(=O)N[C@@H](C)c2ccccc2)cc1. The van der Waals surface area contributed by atoms with Crippen LogP contribution in [0.3, 0.4) is 0 Å². The van der Waals surface area contributed by atoms with Gasteiger partial charge in [-0.05, 0) is 25.0 Å². The Hall–Kier alpha value is -3.24. The molecule has 1 amide bonds. The molecular weight excluding hydrogens is 388 g/mol. The fourth-order valence-electron chi connectivity index (χ4n) is 3.38. The first-order chi connectivity index (χ1) is 14.6. The van der Waals surface area contributed by atoms with Gasteiger partial charge in [0.25, 0.3) is 0 Å². The Kier molecular flexibility index (Phi) is 6.05. The van der Waals surface area contributed by atoms with Gasteiger partial charge in [0.05, 0.1) is 23.0 Å². The molecule has 30 heavy (non-hydrogen) atoms. The largest absolute Gasteiger partial charge is 0.349 e. The molecule has 4 aromatic rings. The van der Waals surface area contributed by atoms with Crippen molar-refractivity contribution in [3.8, 4) is 21.0 Å². The van der Waals surface area contributed by atoms with Gasteiger partial charge in [-0.1, -0.05) is 90.5 Å². The summed E-state index contributed by atoms with van der Waals surface area (Å²) in [5, 5.41) is 4.04. The summed E-state index contributed by atoms with van der Waals surface area (Å²) in [6.45, 7) is 4.08. The highest BCUT2D eigenvalue weighted by atomic mass is 32.1. The number of benzene rings is 3. The van der Waals surface area contributed by atoms with E-state index in [-0.39, 0.29) is 18.4 Å². The highest BCUT2D eigenvalue weighted by molar-refractivity contribution is 7.18. The van der Waals surface area contributed by atoms with E-state index >= 15 is 0 Å². The van der Waals surface area contributed by atoms with Crippen molar-refractivity contribution in [2.75, 3.05) is 0 Å². The number of carbonyl (C=O) groups is 1. The third kappa shape index (κ3) is 4.66. The Morgan fingerprint density at radius 1 is 0.900 bits per heavy atom. The van der Waals surface area contributed by atoms with Crippen LogP contribution in [0.5, 0.6) is 0 Å². The maximum atomic E-state index is 12.8. The summed E-state index contributed by atoms with van der Waals surface area (Å²) in [5.41, 5.74) is 5.29. The van der Waals surface area contributed by atoms with Gasteiger partial charge in [-0.15, -0.1) is 11.3 Å². The first-order valence-corrected chi connectivity index (χ1v) is 10.9. The summed E-state index contributed by atoms with van der Waals surface area (Å²) in [6.07, 6.45) is 0.254. The lowest BCUT2D eigenvalue weighted by Crippen LogP contribution is -2.28. The lowest BCUT2D eigenvalue weighted by molar-refractivity contribution is -0.121. The second-order valence-corrected chi connectivity index (χ2v) is 8.40. The summed E-state index contributed by atoms with van der Waals surface area (Å²) in [7, 11) is 0. The van der Waals surface area contributed by atoms with E-state index in [0.717, 1.165) is 32.3 Å². The van der Waals surface area contributed by atoms with Gasteiger partial charge in [0.1, 0.15) is 5.01 Å². The number of nitrogens with zero attached hydrogens (tertiary/aromatic N) is 1. The fraction of sp³-hybridized carbons (Fsp3) is 0.154. The summed E-state index contributed by atoms with van der Waals surface area (Å²) in [6, 6.07) is 28.5. The number of hydrogen-bond donors (Lipinski definition) is 1. The van der Waals surface area contributed by atoms with E-state index in [4.69, 9.17) is 4.98 Å². The number of hydrogen-bond acceptors (Lipinski definition) is 3. The lowest BCUT2D eigenvalue weighted by Gasteiger charge is -2.14. The first kappa shape index (κ1) is 20.0. The zero-order chi connectivity index (χ0) is 20.9. The van der Waals surface area contributed by atoms with Gasteiger partial charge in [0.15, 0.2) is 0 Å². The van der Waals surface area contributed by atoms with Crippen molar-refractivity contribution in [3.05, 3.63) is 102 Å². The number of thiazole rings is 1. The summed E-state index contributed by atoms with van der Waals surface area (Å²) in [5.74, 6) is -0.0235. The van der Waals surface area contributed by atoms with Crippen molar-refractivity contribution in [2.24, 2.45) is 0 Å². The predicted molar refractivity (Wildman–Crippen MR) is 124 cm³/mol. The van der Waals surface area contributed by atoms with Gasteiger partial charge in [-0.2, -0.15) is 0 Å². The normalized spacial score (nSPS) is 11.8. The molecule has 0 aliphatic rings. The summed E-state index contributed by atoms with van der Waals surface area (Å²) >= 11 is 1.64. The molecule has 0 saturated heterocycles. The Balaban J connectivity index is 1.61. The Labute approximate surface area is 181 Å². The van der Waals surface area contributed by atoms with Crippen LogP contribution in [0, 0.1) is 6.92 Å². The smallest absolute Gasteiger partial charge is 0.226 e. The molecule has 3 nitrogen and oxygen atoms in total. The monoisotopic (exact) mass is 412 g/mol. The topological polar surface area (TPSA) is 42.0 Å². The maximum Gasteiger partial charge on any atom is 0.226 e. The highest BCUT2D eigenvalue weighted by Gasteiger charge is 2.18. The van der Waals surface area contributed by atoms with E-state index in [1.165, 1.54) is 5.56 Å². The molecule has 0 bridgehead atoms. The summed E-state index contributed by atoms with van der Waals surface area (Å²) in [4.78, 5) is 18.7. The molecule has 0 unspecified atom stereocenters. The minimum atomic E-state index is -0.0474. The molecule has 1 aromatic heterocycles. The average Bonchev–Trinajstić information content (AvgIpc) is 3.19. The van der Waals surface area contributed by atoms with Gasteiger partial charge in [0, 0.05) is 5.56 Å². The molecule has 0 aliphatic heterocycles. The molecule has 3 aromatic carbocycles. The number of aryl methyl sites for hydroxylation is 1. The molecule has 1 heterocycles. The fourth-order valence-corrected chi connectivity index (χ4v) is 4.47. The van der Waals surface area contributed by atoms with E-state index in [1.54, 1.807) is 11.3 Å². The van der Waals surface area contributed by atoms with E-state index in [0.29, 0.717) is 0 Å². The van der Waals surface area contributed by atoms with Crippen LogP contribution in [0.15, 0.2) is 84.9 Å². The van der Waals surface area contributed by atoms with Crippen LogP contribution in [-0.4, -0.2) is 10.9 Å². The number of amides is 1. The molecular formula is C26H24N2OS. The number of nitrogens with one attached hydrogen (secondary N) is 1. The van der Waals surface area contributed by atoms with Gasteiger partial charge >= 0.3 is 0 Å². The molecule has 4 rings (SSSR count). The second kappa shape index (κ2) is 9.06. The van der Waals surface area contributed by atoms with Gasteiger partial charge in [-0.25, -0.2) is 4.98 Å². The molecule has 0 radical (unpaired) electrons. The molecule has 4 heteroatoms. The quantitative estimate of drug-likeness (QED) is 0.409. The van der Waals surface area contributed by atoms with Crippen molar-refractivity contribution in [2.45, 2.75) is 26.3 Å². The highest BCUT2D eigenvalue weighted by Crippen LogP contribution is 2.36. The van der Waals surface area contributed by atoms with Crippen LogP contribution in [0.2, 0.25) is 0 Å². The van der Waals surface area contributed by atoms with Crippen LogP contribution in [0.25, 0.3) is 21.0 Å². The van der Waals surface area contributed by atoms with Gasteiger partial charge in [0.2, 0.25) is 5.91 Å². The zero-order valence-electron chi connectivity index (χ0n) is 17.1. The van der Waals surface area contributed by atoms with Crippen molar-refractivity contribution in [1.82, 2.24) is 10.3 Å².